The van der Waals surface area contributed by atoms with E-state index in [1.165, 1.54) is 6.08 Å². The highest BCUT2D eigenvalue weighted by atomic mass is 16.7. The van der Waals surface area contributed by atoms with Gasteiger partial charge in [0, 0.05) is 25.2 Å². The highest BCUT2D eigenvalue weighted by Gasteiger charge is 2.32. The molecule has 1 unspecified atom stereocenters. The molecule has 0 saturated heterocycles. The Morgan fingerprint density at radius 3 is 2.48 bits per heavy atom. The lowest BCUT2D eigenvalue weighted by molar-refractivity contribution is -0.483. The number of nitrogens with zero attached hydrogens (tertiary/aromatic N) is 2. The highest BCUT2D eigenvalue weighted by molar-refractivity contribution is 5.83. The van der Waals surface area contributed by atoms with Gasteiger partial charge >= 0.3 is 5.97 Å². The second-order valence-corrected chi connectivity index (χ2v) is 5.68. The number of hydrogen-bond donors (Lipinski definition) is 0. The first-order valence-corrected chi connectivity index (χ1v) is 7.03. The maximum absolute atomic E-state index is 11.6. The van der Waals surface area contributed by atoms with E-state index in [2.05, 4.69) is 0 Å². The van der Waals surface area contributed by atoms with Crippen molar-refractivity contribution < 1.29 is 19.2 Å². The molecule has 23 heavy (non-hydrogen) atoms. The molecule has 0 spiro atoms. The minimum atomic E-state index is -1.09. The van der Waals surface area contributed by atoms with Crippen LogP contribution in [0, 0.1) is 21.4 Å². The summed E-state index contributed by atoms with van der Waals surface area (Å²) in [6.45, 7) is 2.90. The van der Waals surface area contributed by atoms with Crippen molar-refractivity contribution in [2.45, 2.75) is 32.0 Å². The fourth-order valence-corrected chi connectivity index (χ4v) is 2.41. The van der Waals surface area contributed by atoms with Crippen molar-refractivity contribution >= 4 is 5.97 Å². The molecule has 1 atom stereocenters. The lowest BCUT2D eigenvalue weighted by Crippen LogP contribution is -2.34. The number of cyclic esters (lactones) is 1. The Hall–Kier alpha value is -2.88. The molecular weight excluding hydrogens is 300 g/mol. The Kier molecular flexibility index (Phi) is 4.65. The predicted molar refractivity (Wildman–Crippen MR) is 79.7 cm³/mol. The zero-order valence-corrected chi connectivity index (χ0v) is 12.8. The Balaban J connectivity index is 2.23. The molecule has 1 aliphatic heterocycles. The van der Waals surface area contributed by atoms with Gasteiger partial charge < -0.3 is 9.47 Å². The van der Waals surface area contributed by atoms with Crippen LogP contribution in [0.25, 0.3) is 0 Å². The van der Waals surface area contributed by atoms with Crippen LogP contribution in [0.15, 0.2) is 36.1 Å². The molecule has 7 heteroatoms. The van der Waals surface area contributed by atoms with Gasteiger partial charge in [0.15, 0.2) is 0 Å². The standard InChI is InChI=1S/C16H16N2O5/c1-16(2)22-14(8-15(19)23-16)7-13(10-18(20)21)12-5-3-11(9-17)4-6-12/h3-6,8,13H,7,10H2,1-2H3. The number of carbonyl (C=O) groups excluding carboxylic acids is 1. The van der Waals surface area contributed by atoms with E-state index in [0.717, 1.165) is 0 Å². The summed E-state index contributed by atoms with van der Waals surface area (Å²) >= 11 is 0. The topological polar surface area (TPSA) is 102 Å². The van der Waals surface area contributed by atoms with Crippen molar-refractivity contribution in [2.75, 3.05) is 6.54 Å². The fourth-order valence-electron chi connectivity index (χ4n) is 2.41. The molecule has 0 amide bonds. The van der Waals surface area contributed by atoms with Crippen LogP contribution >= 0.6 is 0 Å². The molecule has 1 aromatic carbocycles. The summed E-state index contributed by atoms with van der Waals surface area (Å²) in [5.74, 6) is -1.74. The summed E-state index contributed by atoms with van der Waals surface area (Å²) in [7, 11) is 0. The molecule has 0 saturated carbocycles. The molecule has 2 rings (SSSR count). The molecule has 1 heterocycles. The first kappa shape index (κ1) is 16.5. The summed E-state index contributed by atoms with van der Waals surface area (Å²) in [6, 6.07) is 8.58. The first-order valence-electron chi connectivity index (χ1n) is 7.03. The molecular formula is C16H16N2O5. The van der Waals surface area contributed by atoms with Crippen molar-refractivity contribution in [3.8, 4) is 6.07 Å². The van der Waals surface area contributed by atoms with Crippen molar-refractivity contribution in [1.29, 1.82) is 5.26 Å². The third kappa shape index (κ3) is 4.54. The number of esters is 1. The molecule has 0 aliphatic carbocycles. The summed E-state index contributed by atoms with van der Waals surface area (Å²) in [4.78, 5) is 22.1. The molecule has 0 fully saturated rings. The molecule has 0 N–H and O–H groups in total. The smallest absolute Gasteiger partial charge is 0.337 e. The summed E-state index contributed by atoms with van der Waals surface area (Å²) in [6.07, 6.45) is 1.41. The minimum absolute atomic E-state index is 0.200. The van der Waals surface area contributed by atoms with Gasteiger partial charge in [-0.2, -0.15) is 5.26 Å². The van der Waals surface area contributed by atoms with Crippen molar-refractivity contribution in [3.63, 3.8) is 0 Å². The third-order valence-corrected chi connectivity index (χ3v) is 3.33. The molecule has 0 radical (unpaired) electrons. The fraction of sp³-hybridized carbons (Fsp3) is 0.375. The van der Waals surface area contributed by atoms with E-state index in [1.54, 1.807) is 38.1 Å². The molecule has 1 aliphatic rings. The zero-order valence-electron chi connectivity index (χ0n) is 12.8. The van der Waals surface area contributed by atoms with Gasteiger partial charge in [0.05, 0.1) is 23.6 Å². The number of benzene rings is 1. The quantitative estimate of drug-likeness (QED) is 0.470. The number of nitriles is 1. The van der Waals surface area contributed by atoms with Crippen LogP contribution in [-0.4, -0.2) is 23.2 Å². The average molecular weight is 316 g/mol. The number of hydrogen-bond acceptors (Lipinski definition) is 6. The van der Waals surface area contributed by atoms with Gasteiger partial charge in [0.25, 0.3) is 0 Å². The molecule has 120 valence electrons. The van der Waals surface area contributed by atoms with Crippen LogP contribution < -0.4 is 0 Å². The van der Waals surface area contributed by atoms with E-state index in [1.807, 2.05) is 6.07 Å². The van der Waals surface area contributed by atoms with Crippen molar-refractivity contribution in [2.24, 2.45) is 0 Å². The molecule has 7 nitrogen and oxygen atoms in total. The normalized spacial score (nSPS) is 17.3. The average Bonchev–Trinajstić information content (AvgIpc) is 2.44. The van der Waals surface area contributed by atoms with E-state index in [-0.39, 0.29) is 13.0 Å². The zero-order chi connectivity index (χ0) is 17.0. The van der Waals surface area contributed by atoms with Gasteiger partial charge in [0.2, 0.25) is 12.3 Å². The van der Waals surface area contributed by atoms with E-state index < -0.39 is 22.6 Å². The molecule has 0 bridgehead atoms. The molecule has 0 aromatic heterocycles. The Bertz CT molecular complexity index is 685. The van der Waals surface area contributed by atoms with Crippen molar-refractivity contribution in [1.82, 2.24) is 0 Å². The SMILES string of the molecule is CC1(C)OC(=O)C=C(CC(C[N+](=O)[O-])c2ccc(C#N)cc2)O1. The van der Waals surface area contributed by atoms with Crippen LogP contribution in [0.4, 0.5) is 0 Å². The van der Waals surface area contributed by atoms with Crippen LogP contribution in [0.3, 0.4) is 0 Å². The van der Waals surface area contributed by atoms with Crippen LogP contribution in [0.1, 0.15) is 37.3 Å². The van der Waals surface area contributed by atoms with E-state index >= 15 is 0 Å². The predicted octanol–water partition coefficient (Wildman–Crippen LogP) is 2.50. The highest BCUT2D eigenvalue weighted by Crippen LogP contribution is 2.30. The monoisotopic (exact) mass is 316 g/mol. The van der Waals surface area contributed by atoms with Crippen LogP contribution in [0.2, 0.25) is 0 Å². The van der Waals surface area contributed by atoms with E-state index in [0.29, 0.717) is 16.9 Å². The number of rotatable bonds is 5. The summed E-state index contributed by atoms with van der Waals surface area (Å²) in [5, 5.41) is 19.8. The van der Waals surface area contributed by atoms with Gasteiger partial charge in [-0.05, 0) is 17.7 Å². The Morgan fingerprint density at radius 2 is 1.96 bits per heavy atom. The van der Waals surface area contributed by atoms with Gasteiger partial charge in [-0.1, -0.05) is 12.1 Å². The number of nitro groups is 1. The van der Waals surface area contributed by atoms with Gasteiger partial charge in [-0.15, -0.1) is 0 Å². The van der Waals surface area contributed by atoms with Gasteiger partial charge in [0.1, 0.15) is 5.76 Å². The third-order valence-electron chi connectivity index (χ3n) is 3.33. The van der Waals surface area contributed by atoms with Gasteiger partial charge in [-0.3, -0.25) is 10.1 Å². The first-order chi connectivity index (χ1) is 10.8. The minimum Gasteiger partial charge on any atom is -0.457 e. The van der Waals surface area contributed by atoms with Crippen LogP contribution in [0.5, 0.6) is 0 Å². The molecule has 1 aromatic rings. The summed E-state index contributed by atoms with van der Waals surface area (Å²) in [5.41, 5.74) is 1.19. The lowest BCUT2D eigenvalue weighted by Gasteiger charge is -2.31. The lowest BCUT2D eigenvalue weighted by atomic mass is 9.93. The number of carbonyl (C=O) groups is 1. The number of allylic oxidation sites excluding steroid dienone is 1. The number of ether oxygens (including phenoxy) is 2. The largest absolute Gasteiger partial charge is 0.457 e. The van der Waals surface area contributed by atoms with Gasteiger partial charge in [-0.25, -0.2) is 4.79 Å². The maximum atomic E-state index is 11.6. The van der Waals surface area contributed by atoms with Crippen LogP contribution in [-0.2, 0) is 14.3 Å². The van der Waals surface area contributed by atoms with Crippen molar-refractivity contribution in [3.05, 3.63) is 57.3 Å². The Morgan fingerprint density at radius 1 is 1.30 bits per heavy atom. The second-order valence-electron chi connectivity index (χ2n) is 5.68. The second kappa shape index (κ2) is 6.48. The summed E-state index contributed by atoms with van der Waals surface area (Å²) < 4.78 is 10.6. The Labute approximate surface area is 133 Å². The van der Waals surface area contributed by atoms with E-state index in [9.17, 15) is 14.9 Å². The van der Waals surface area contributed by atoms with E-state index in [4.69, 9.17) is 14.7 Å². The maximum Gasteiger partial charge on any atom is 0.337 e.